The molecule has 0 bridgehead atoms. The zero-order valence-corrected chi connectivity index (χ0v) is 19.3. The number of pyridine rings is 1. The van der Waals surface area contributed by atoms with E-state index in [9.17, 15) is 14.6 Å². The van der Waals surface area contributed by atoms with E-state index in [-0.39, 0.29) is 32.0 Å². The predicted octanol–water partition coefficient (Wildman–Crippen LogP) is 4.29. The topological polar surface area (TPSA) is 68.6 Å². The summed E-state index contributed by atoms with van der Waals surface area (Å²) >= 11 is 6.25. The second-order valence-electron chi connectivity index (χ2n) is 7.72. The van der Waals surface area contributed by atoms with Crippen LogP contribution in [-0.4, -0.2) is 40.9 Å². The molecule has 4 rings (SSSR count). The van der Waals surface area contributed by atoms with Crippen molar-refractivity contribution in [2.45, 2.75) is 25.0 Å². The minimum Gasteiger partial charge on any atom is -0.396 e. The summed E-state index contributed by atoms with van der Waals surface area (Å²) < 4.78 is 13.1. The first-order chi connectivity index (χ1) is 15.0. The number of anilines is 2. The smallest absolute Gasteiger partial charge is 0.141 e. The number of rotatable bonds is 7. The van der Waals surface area contributed by atoms with E-state index in [1.807, 2.05) is 36.4 Å². The van der Waals surface area contributed by atoms with Gasteiger partial charge in [-0.2, -0.15) is 13.5 Å². The third-order valence-electron chi connectivity index (χ3n) is 5.61. The molecule has 5 nitrogen and oxygen atoms in total. The van der Waals surface area contributed by atoms with Gasteiger partial charge in [0.05, 0.1) is 6.20 Å². The SMILES string of the molecule is OCCc1cc(C(O)c2ccccc2Cl)ccc1N1CC[C@H](Nc2ccc(F)cn2)C1.S. The molecule has 0 saturated carbocycles. The summed E-state index contributed by atoms with van der Waals surface area (Å²) in [7, 11) is 0. The number of nitrogens with zero attached hydrogens (tertiary/aromatic N) is 2. The Hall–Kier alpha value is -2.32. The van der Waals surface area contributed by atoms with Crippen LogP contribution < -0.4 is 10.2 Å². The van der Waals surface area contributed by atoms with Crippen molar-refractivity contribution in [2.24, 2.45) is 0 Å². The molecule has 1 aliphatic rings. The zero-order chi connectivity index (χ0) is 21.8. The Morgan fingerprint density at radius 3 is 2.72 bits per heavy atom. The van der Waals surface area contributed by atoms with E-state index in [2.05, 4.69) is 15.2 Å². The number of hydrogen-bond donors (Lipinski definition) is 3. The van der Waals surface area contributed by atoms with Crippen molar-refractivity contribution >= 4 is 36.6 Å². The monoisotopic (exact) mass is 475 g/mol. The highest BCUT2D eigenvalue weighted by molar-refractivity contribution is 7.59. The van der Waals surface area contributed by atoms with E-state index < -0.39 is 6.10 Å². The summed E-state index contributed by atoms with van der Waals surface area (Å²) in [5.74, 6) is 0.299. The molecule has 170 valence electrons. The molecule has 1 aliphatic heterocycles. The van der Waals surface area contributed by atoms with Crippen LogP contribution >= 0.6 is 25.1 Å². The molecule has 1 saturated heterocycles. The van der Waals surface area contributed by atoms with Crippen LogP contribution in [0.1, 0.15) is 29.2 Å². The molecule has 0 amide bonds. The summed E-state index contributed by atoms with van der Waals surface area (Å²) in [6, 6.07) is 16.3. The maximum atomic E-state index is 13.1. The minimum atomic E-state index is -0.835. The first-order valence-electron chi connectivity index (χ1n) is 10.3. The van der Waals surface area contributed by atoms with Gasteiger partial charge in [0.25, 0.3) is 0 Å². The Bertz CT molecular complexity index is 1040. The number of benzene rings is 2. The molecule has 1 aromatic heterocycles. The van der Waals surface area contributed by atoms with Gasteiger partial charge in [0.2, 0.25) is 0 Å². The molecule has 3 N–H and O–H groups in total. The van der Waals surface area contributed by atoms with Crippen LogP contribution in [0.4, 0.5) is 15.9 Å². The Morgan fingerprint density at radius 2 is 2.00 bits per heavy atom. The molecule has 0 spiro atoms. The number of aliphatic hydroxyl groups is 2. The summed E-state index contributed by atoms with van der Waals surface area (Å²) in [4.78, 5) is 6.34. The highest BCUT2D eigenvalue weighted by Crippen LogP contribution is 2.33. The van der Waals surface area contributed by atoms with Crippen molar-refractivity contribution in [3.8, 4) is 0 Å². The van der Waals surface area contributed by atoms with Gasteiger partial charge in [0.15, 0.2) is 0 Å². The first-order valence-corrected chi connectivity index (χ1v) is 10.7. The van der Waals surface area contributed by atoms with E-state index in [1.54, 1.807) is 12.1 Å². The van der Waals surface area contributed by atoms with Gasteiger partial charge in [0, 0.05) is 42.0 Å². The van der Waals surface area contributed by atoms with Gasteiger partial charge in [-0.15, -0.1) is 0 Å². The van der Waals surface area contributed by atoms with E-state index in [0.717, 1.165) is 36.3 Å². The van der Waals surface area contributed by atoms with E-state index in [0.29, 0.717) is 22.8 Å². The Kier molecular flexibility index (Phi) is 8.37. The van der Waals surface area contributed by atoms with Crippen LogP contribution in [0.3, 0.4) is 0 Å². The Morgan fingerprint density at radius 1 is 1.19 bits per heavy atom. The molecule has 32 heavy (non-hydrogen) atoms. The number of halogens is 2. The van der Waals surface area contributed by atoms with Crippen molar-refractivity contribution in [3.05, 3.63) is 88.3 Å². The molecule has 1 unspecified atom stereocenters. The summed E-state index contributed by atoms with van der Waals surface area (Å²) in [6.07, 6.45) is 1.78. The summed E-state index contributed by atoms with van der Waals surface area (Å²) in [5.41, 5.74) is 3.42. The van der Waals surface area contributed by atoms with Gasteiger partial charge >= 0.3 is 0 Å². The molecule has 0 radical (unpaired) electrons. The van der Waals surface area contributed by atoms with Crippen molar-refractivity contribution < 1.29 is 14.6 Å². The second kappa shape index (κ2) is 11.0. The third-order valence-corrected chi connectivity index (χ3v) is 5.95. The lowest BCUT2D eigenvalue weighted by atomic mass is 9.97. The number of hydrogen-bond acceptors (Lipinski definition) is 5. The molecule has 2 aromatic carbocycles. The van der Waals surface area contributed by atoms with Crippen LogP contribution in [-0.2, 0) is 6.42 Å². The molecule has 1 fully saturated rings. The van der Waals surface area contributed by atoms with Gasteiger partial charge in [-0.1, -0.05) is 41.9 Å². The lowest BCUT2D eigenvalue weighted by Crippen LogP contribution is -2.27. The van der Waals surface area contributed by atoms with Crippen LogP contribution in [0.2, 0.25) is 5.02 Å². The maximum absolute atomic E-state index is 13.1. The summed E-state index contributed by atoms with van der Waals surface area (Å²) in [6.45, 7) is 1.64. The van der Waals surface area contributed by atoms with Crippen LogP contribution in [0.25, 0.3) is 0 Å². The average molecular weight is 476 g/mol. The fourth-order valence-electron chi connectivity index (χ4n) is 4.05. The predicted molar refractivity (Wildman–Crippen MR) is 132 cm³/mol. The first kappa shape index (κ1) is 24.3. The number of aromatic nitrogens is 1. The van der Waals surface area contributed by atoms with E-state index in [1.165, 1.54) is 12.3 Å². The molecular weight excluding hydrogens is 449 g/mol. The normalized spacial score (nSPS) is 16.5. The van der Waals surface area contributed by atoms with Crippen LogP contribution in [0.15, 0.2) is 60.8 Å². The number of nitrogens with one attached hydrogen (secondary N) is 1. The zero-order valence-electron chi connectivity index (χ0n) is 17.5. The molecule has 2 heterocycles. The quantitative estimate of drug-likeness (QED) is 0.475. The minimum absolute atomic E-state index is 0. The van der Waals surface area contributed by atoms with Gasteiger partial charge in [-0.25, -0.2) is 9.37 Å². The fourth-order valence-corrected chi connectivity index (χ4v) is 4.29. The van der Waals surface area contributed by atoms with Gasteiger partial charge in [0.1, 0.15) is 17.7 Å². The Balaban J connectivity index is 0.00000289. The van der Waals surface area contributed by atoms with Crippen molar-refractivity contribution in [1.82, 2.24) is 4.98 Å². The van der Waals surface area contributed by atoms with Crippen molar-refractivity contribution in [3.63, 3.8) is 0 Å². The molecule has 8 heteroatoms. The fraction of sp³-hybridized carbons (Fsp3) is 0.292. The highest BCUT2D eigenvalue weighted by atomic mass is 35.5. The van der Waals surface area contributed by atoms with Crippen LogP contribution in [0.5, 0.6) is 0 Å². The van der Waals surface area contributed by atoms with E-state index >= 15 is 0 Å². The molecule has 0 aliphatic carbocycles. The van der Waals surface area contributed by atoms with Crippen LogP contribution in [0, 0.1) is 5.82 Å². The lowest BCUT2D eigenvalue weighted by Gasteiger charge is -2.24. The van der Waals surface area contributed by atoms with Gasteiger partial charge < -0.3 is 20.4 Å². The Labute approximate surface area is 199 Å². The van der Waals surface area contributed by atoms with Gasteiger partial charge in [-0.3, -0.25) is 0 Å². The standard InChI is InChI=1S/C24H25ClFN3O2.H2S/c25-21-4-2-1-3-20(21)24(31)17-5-7-22(16(13-17)10-12-30)29-11-9-19(15-29)28-23-8-6-18(26)14-27-23;/h1-8,13-14,19,24,30-31H,9-12,15H2,(H,27,28);1H2/t19-,24?;/m0./s1. The van der Waals surface area contributed by atoms with Crippen molar-refractivity contribution in [2.75, 3.05) is 29.9 Å². The average Bonchev–Trinajstić information content (AvgIpc) is 3.24. The lowest BCUT2D eigenvalue weighted by molar-refractivity contribution is 0.220. The molecular formula is C24H27ClFN3O2S. The maximum Gasteiger partial charge on any atom is 0.141 e. The molecule has 3 aromatic rings. The molecule has 2 atom stereocenters. The largest absolute Gasteiger partial charge is 0.396 e. The summed E-state index contributed by atoms with van der Waals surface area (Å²) in [5, 5.41) is 24.3. The second-order valence-corrected chi connectivity index (χ2v) is 8.13. The highest BCUT2D eigenvalue weighted by Gasteiger charge is 2.25. The van der Waals surface area contributed by atoms with Gasteiger partial charge in [-0.05, 0) is 48.2 Å². The third kappa shape index (κ3) is 5.53. The number of aliphatic hydroxyl groups excluding tert-OH is 2. The van der Waals surface area contributed by atoms with E-state index in [4.69, 9.17) is 11.6 Å². The van der Waals surface area contributed by atoms with Crippen molar-refractivity contribution in [1.29, 1.82) is 0 Å².